The Hall–Kier alpha value is -1.64. The van der Waals surface area contributed by atoms with Crippen LogP contribution in [0, 0.1) is 27.8 Å². The number of rotatable bonds is 1. The molecular weight excluding hydrogens is 225 g/mol. The molecule has 6 heteroatoms. The van der Waals surface area contributed by atoms with E-state index < -0.39 is 23.0 Å². The molecule has 0 saturated heterocycles. The minimum Gasteiger partial charge on any atom is -0.384 e. The van der Waals surface area contributed by atoms with Crippen molar-refractivity contribution in [1.29, 1.82) is 0 Å². The molecule has 0 aliphatic heterocycles. The summed E-state index contributed by atoms with van der Waals surface area (Å²) in [6, 6.07) is 1.75. The highest BCUT2D eigenvalue weighted by atomic mass is 35.5. The summed E-state index contributed by atoms with van der Waals surface area (Å²) < 4.78 is 13.1. The number of nitro benzene ring substituents is 1. The zero-order chi connectivity index (χ0) is 11.4. The highest BCUT2D eigenvalue weighted by molar-refractivity contribution is 6.32. The summed E-state index contributed by atoms with van der Waals surface area (Å²) in [7, 11) is 0. The molecule has 1 rings (SSSR count). The molecule has 1 aromatic carbocycles. The first kappa shape index (κ1) is 11.4. The van der Waals surface area contributed by atoms with Gasteiger partial charge in [0.1, 0.15) is 6.61 Å². The van der Waals surface area contributed by atoms with Crippen LogP contribution in [0.4, 0.5) is 10.1 Å². The van der Waals surface area contributed by atoms with E-state index in [1.54, 1.807) is 0 Å². The number of aliphatic hydroxyl groups excluding tert-OH is 1. The summed E-state index contributed by atoms with van der Waals surface area (Å²) in [5.74, 6) is 3.63. The number of nitrogens with zero attached hydrogens (tertiary/aromatic N) is 1. The van der Waals surface area contributed by atoms with E-state index in [-0.39, 0.29) is 10.6 Å². The van der Waals surface area contributed by atoms with Crippen LogP contribution in [0.3, 0.4) is 0 Å². The number of hydrogen-bond acceptors (Lipinski definition) is 3. The van der Waals surface area contributed by atoms with Crippen molar-refractivity contribution in [3.05, 3.63) is 38.7 Å². The summed E-state index contributed by atoms with van der Waals surface area (Å²) in [5.41, 5.74) is -0.594. The minimum absolute atomic E-state index is 0.0240. The molecule has 0 bridgehead atoms. The van der Waals surface area contributed by atoms with Gasteiger partial charge in [-0.15, -0.1) is 0 Å². The first-order chi connectivity index (χ1) is 7.06. The zero-order valence-corrected chi connectivity index (χ0v) is 8.08. The van der Waals surface area contributed by atoms with E-state index in [1.807, 2.05) is 0 Å². The van der Waals surface area contributed by atoms with Gasteiger partial charge in [-0.2, -0.15) is 4.39 Å². The SMILES string of the molecule is O=[N+]([O-])c1cc(Cl)c(C#CCO)cc1F. The molecule has 0 aliphatic carbocycles. The van der Waals surface area contributed by atoms with Crippen LogP contribution in [-0.2, 0) is 0 Å². The molecule has 0 unspecified atom stereocenters. The van der Waals surface area contributed by atoms with Gasteiger partial charge in [-0.1, -0.05) is 23.4 Å². The van der Waals surface area contributed by atoms with E-state index in [9.17, 15) is 14.5 Å². The van der Waals surface area contributed by atoms with Crippen molar-refractivity contribution in [3.63, 3.8) is 0 Å². The first-order valence-electron chi connectivity index (χ1n) is 3.79. The Balaban J connectivity index is 3.25. The normalized spacial score (nSPS) is 9.27. The topological polar surface area (TPSA) is 63.4 Å². The van der Waals surface area contributed by atoms with Gasteiger partial charge in [0, 0.05) is 11.6 Å². The van der Waals surface area contributed by atoms with E-state index in [2.05, 4.69) is 11.8 Å². The molecule has 78 valence electrons. The molecular formula is C9H5ClFNO3. The first-order valence-corrected chi connectivity index (χ1v) is 4.17. The third kappa shape index (κ3) is 2.65. The molecule has 0 fully saturated rings. The Morgan fingerprint density at radius 1 is 1.60 bits per heavy atom. The molecule has 4 nitrogen and oxygen atoms in total. The highest BCUT2D eigenvalue weighted by Crippen LogP contribution is 2.25. The fourth-order valence-electron chi connectivity index (χ4n) is 0.907. The van der Waals surface area contributed by atoms with Crippen molar-refractivity contribution in [2.24, 2.45) is 0 Å². The lowest BCUT2D eigenvalue weighted by Gasteiger charge is -1.97. The maximum absolute atomic E-state index is 13.1. The Kier molecular flexibility index (Phi) is 3.61. The lowest BCUT2D eigenvalue weighted by atomic mass is 10.2. The van der Waals surface area contributed by atoms with E-state index in [0.717, 1.165) is 12.1 Å². The molecule has 0 aromatic heterocycles. The van der Waals surface area contributed by atoms with Crippen molar-refractivity contribution >= 4 is 17.3 Å². The average molecular weight is 230 g/mol. The Morgan fingerprint density at radius 2 is 2.27 bits per heavy atom. The Bertz CT molecular complexity index is 464. The van der Waals surface area contributed by atoms with Gasteiger partial charge < -0.3 is 5.11 Å². The fourth-order valence-corrected chi connectivity index (χ4v) is 1.11. The summed E-state index contributed by atoms with van der Waals surface area (Å²) in [4.78, 5) is 9.46. The maximum Gasteiger partial charge on any atom is 0.306 e. The Labute approximate surface area is 89.4 Å². The van der Waals surface area contributed by atoms with Gasteiger partial charge in [0.05, 0.1) is 9.95 Å². The number of hydrogen-bond donors (Lipinski definition) is 1. The summed E-state index contributed by atoms with van der Waals surface area (Å²) in [6.07, 6.45) is 0. The summed E-state index contributed by atoms with van der Waals surface area (Å²) in [6.45, 7) is -0.394. The smallest absolute Gasteiger partial charge is 0.306 e. The van der Waals surface area contributed by atoms with Crippen molar-refractivity contribution in [2.45, 2.75) is 0 Å². The molecule has 0 saturated carbocycles. The monoisotopic (exact) mass is 229 g/mol. The van der Waals surface area contributed by atoms with Crippen LogP contribution in [0.25, 0.3) is 0 Å². The molecule has 1 N–H and O–H groups in total. The van der Waals surface area contributed by atoms with Crippen LogP contribution >= 0.6 is 11.6 Å². The lowest BCUT2D eigenvalue weighted by Crippen LogP contribution is -1.94. The summed E-state index contributed by atoms with van der Waals surface area (Å²) in [5, 5.41) is 18.7. The third-order valence-electron chi connectivity index (χ3n) is 1.54. The molecule has 0 amide bonds. The van der Waals surface area contributed by atoms with Gasteiger partial charge >= 0.3 is 5.69 Å². The average Bonchev–Trinajstić information content (AvgIpc) is 2.18. The van der Waals surface area contributed by atoms with Crippen molar-refractivity contribution < 1.29 is 14.4 Å². The minimum atomic E-state index is -1.01. The molecule has 0 aliphatic rings. The second-order valence-electron chi connectivity index (χ2n) is 2.50. The van der Waals surface area contributed by atoms with E-state index in [0.29, 0.717) is 0 Å². The largest absolute Gasteiger partial charge is 0.384 e. The maximum atomic E-state index is 13.1. The van der Waals surface area contributed by atoms with Crippen LogP contribution in [0.15, 0.2) is 12.1 Å². The van der Waals surface area contributed by atoms with Gasteiger partial charge in [-0.05, 0) is 6.07 Å². The molecule has 0 spiro atoms. The van der Waals surface area contributed by atoms with E-state index in [1.165, 1.54) is 0 Å². The van der Waals surface area contributed by atoms with Crippen LogP contribution in [-0.4, -0.2) is 16.6 Å². The molecule has 0 atom stereocenters. The lowest BCUT2D eigenvalue weighted by molar-refractivity contribution is -0.387. The van der Waals surface area contributed by atoms with Gasteiger partial charge in [0.25, 0.3) is 0 Å². The predicted molar refractivity (Wildman–Crippen MR) is 52.0 cm³/mol. The van der Waals surface area contributed by atoms with Gasteiger partial charge in [0.2, 0.25) is 5.82 Å². The van der Waals surface area contributed by atoms with Crippen molar-refractivity contribution in [1.82, 2.24) is 0 Å². The highest BCUT2D eigenvalue weighted by Gasteiger charge is 2.16. The number of nitro groups is 1. The van der Waals surface area contributed by atoms with Crippen LogP contribution < -0.4 is 0 Å². The van der Waals surface area contributed by atoms with Gasteiger partial charge in [-0.25, -0.2) is 0 Å². The van der Waals surface area contributed by atoms with Crippen molar-refractivity contribution in [2.75, 3.05) is 6.61 Å². The van der Waals surface area contributed by atoms with E-state index in [4.69, 9.17) is 16.7 Å². The molecule has 0 radical (unpaired) electrons. The second kappa shape index (κ2) is 4.73. The molecule has 0 heterocycles. The van der Waals surface area contributed by atoms with Gasteiger partial charge in [-0.3, -0.25) is 10.1 Å². The standard InChI is InChI=1S/C9H5ClFNO3/c10-7-5-9(12(14)15)8(11)4-6(7)2-1-3-13/h4-5,13H,3H2. The second-order valence-corrected chi connectivity index (χ2v) is 2.91. The van der Waals surface area contributed by atoms with Gasteiger partial charge in [0.15, 0.2) is 0 Å². The Morgan fingerprint density at radius 3 is 2.80 bits per heavy atom. The third-order valence-corrected chi connectivity index (χ3v) is 1.85. The van der Waals surface area contributed by atoms with E-state index >= 15 is 0 Å². The molecule has 1 aromatic rings. The van der Waals surface area contributed by atoms with Crippen LogP contribution in [0.1, 0.15) is 5.56 Å². The van der Waals surface area contributed by atoms with Crippen LogP contribution in [0.2, 0.25) is 5.02 Å². The quantitative estimate of drug-likeness (QED) is 0.453. The summed E-state index contributed by atoms with van der Waals surface area (Å²) >= 11 is 5.63. The van der Waals surface area contributed by atoms with Crippen LogP contribution in [0.5, 0.6) is 0 Å². The number of benzene rings is 1. The fraction of sp³-hybridized carbons (Fsp3) is 0.111. The molecule has 15 heavy (non-hydrogen) atoms. The predicted octanol–water partition coefficient (Wildman–Crippen LogP) is 1.73. The zero-order valence-electron chi connectivity index (χ0n) is 7.33. The number of aliphatic hydroxyl groups is 1. The van der Waals surface area contributed by atoms with Crippen molar-refractivity contribution in [3.8, 4) is 11.8 Å². The number of halogens is 2.